The Bertz CT molecular complexity index is 600. The van der Waals surface area contributed by atoms with Gasteiger partial charge in [0, 0.05) is 11.2 Å². The van der Waals surface area contributed by atoms with Crippen molar-refractivity contribution in [2.24, 2.45) is 7.05 Å². The van der Waals surface area contributed by atoms with Gasteiger partial charge in [-0.25, -0.2) is 23.9 Å². The van der Waals surface area contributed by atoms with Gasteiger partial charge >= 0.3 is 11.4 Å². The molecule has 0 fully saturated rings. The summed E-state index contributed by atoms with van der Waals surface area (Å²) in [7, 11) is 1.25. The van der Waals surface area contributed by atoms with Crippen LogP contribution in [0.1, 0.15) is 30.9 Å². The van der Waals surface area contributed by atoms with Crippen molar-refractivity contribution in [3.8, 4) is 0 Å². The van der Waals surface area contributed by atoms with E-state index < -0.39 is 29.9 Å². The maximum absolute atomic E-state index is 11.9. The SMILES string of the molecule is [2H]C([2H])([2H])C(=C)C(n1[nH]c(=O)n(C)c1=O)C(C)(C)O. The highest BCUT2D eigenvalue weighted by Gasteiger charge is 2.31. The number of H-pyrrole nitrogens is 1. The molecule has 0 radical (unpaired) electrons. The molecular formula is C10H17N3O3. The number of nitrogens with zero attached hydrogens (tertiary/aromatic N) is 2. The second-order valence-corrected chi connectivity index (χ2v) is 4.21. The van der Waals surface area contributed by atoms with Gasteiger partial charge in [0.2, 0.25) is 0 Å². The van der Waals surface area contributed by atoms with Gasteiger partial charge in [0.05, 0.1) is 5.60 Å². The first kappa shape index (κ1) is 8.58. The van der Waals surface area contributed by atoms with Crippen LogP contribution in [0, 0.1) is 0 Å². The monoisotopic (exact) mass is 230 g/mol. The summed E-state index contributed by atoms with van der Waals surface area (Å²) in [6.45, 7) is 3.56. The minimum absolute atomic E-state index is 0.330. The van der Waals surface area contributed by atoms with E-state index in [4.69, 9.17) is 4.11 Å². The summed E-state index contributed by atoms with van der Waals surface area (Å²) in [6, 6.07) is -1.26. The van der Waals surface area contributed by atoms with E-state index >= 15 is 0 Å². The van der Waals surface area contributed by atoms with E-state index in [0.717, 1.165) is 9.25 Å². The number of hydrogen-bond acceptors (Lipinski definition) is 3. The summed E-state index contributed by atoms with van der Waals surface area (Å²) < 4.78 is 23.6. The molecule has 0 saturated heterocycles. The summed E-state index contributed by atoms with van der Waals surface area (Å²) in [6.07, 6.45) is 0. The van der Waals surface area contributed by atoms with Crippen LogP contribution >= 0.6 is 0 Å². The zero-order valence-electron chi connectivity index (χ0n) is 12.4. The first-order valence-corrected chi connectivity index (χ1v) is 4.66. The predicted octanol–water partition coefficient (Wildman–Crippen LogP) is -0.237. The van der Waals surface area contributed by atoms with Crippen LogP contribution in [0.4, 0.5) is 0 Å². The van der Waals surface area contributed by atoms with Gasteiger partial charge in [-0.3, -0.25) is 0 Å². The Labute approximate surface area is 97.0 Å². The number of rotatable bonds is 3. The molecule has 90 valence electrons. The van der Waals surface area contributed by atoms with Crippen LogP contribution in [0.25, 0.3) is 0 Å². The third kappa shape index (κ3) is 2.01. The lowest BCUT2D eigenvalue weighted by Crippen LogP contribution is -2.40. The van der Waals surface area contributed by atoms with E-state index in [1.54, 1.807) is 0 Å². The molecule has 0 spiro atoms. The van der Waals surface area contributed by atoms with Gasteiger partial charge in [-0.15, -0.1) is 0 Å². The number of aromatic amines is 1. The van der Waals surface area contributed by atoms with Gasteiger partial charge < -0.3 is 5.11 Å². The number of hydrogen-bond donors (Lipinski definition) is 2. The molecule has 2 N–H and O–H groups in total. The molecule has 16 heavy (non-hydrogen) atoms. The molecule has 0 bridgehead atoms. The fraction of sp³-hybridized carbons (Fsp3) is 0.600. The molecule has 6 nitrogen and oxygen atoms in total. The fourth-order valence-corrected chi connectivity index (χ4v) is 1.55. The van der Waals surface area contributed by atoms with Crippen molar-refractivity contribution < 1.29 is 9.22 Å². The van der Waals surface area contributed by atoms with Gasteiger partial charge in [0.15, 0.2) is 0 Å². The van der Waals surface area contributed by atoms with Crippen molar-refractivity contribution in [1.29, 1.82) is 0 Å². The van der Waals surface area contributed by atoms with Gasteiger partial charge in [-0.1, -0.05) is 12.2 Å². The Kier molecular flexibility index (Phi) is 2.03. The van der Waals surface area contributed by atoms with E-state index in [9.17, 15) is 14.7 Å². The lowest BCUT2D eigenvalue weighted by atomic mass is 9.94. The summed E-state index contributed by atoms with van der Waals surface area (Å²) in [5.41, 5.74) is -3.36. The van der Waals surface area contributed by atoms with E-state index in [1.807, 2.05) is 0 Å². The van der Waals surface area contributed by atoms with Crippen LogP contribution in [0.5, 0.6) is 0 Å². The molecular weight excluding hydrogens is 210 g/mol. The second kappa shape index (κ2) is 3.79. The predicted molar refractivity (Wildman–Crippen MR) is 60.4 cm³/mol. The molecule has 1 aromatic heterocycles. The molecule has 1 atom stereocenters. The van der Waals surface area contributed by atoms with Crippen LogP contribution in [-0.4, -0.2) is 25.1 Å². The molecule has 0 aliphatic carbocycles. The van der Waals surface area contributed by atoms with Gasteiger partial charge in [0.25, 0.3) is 0 Å². The van der Waals surface area contributed by atoms with Crippen LogP contribution in [0.2, 0.25) is 0 Å². The van der Waals surface area contributed by atoms with Crippen LogP contribution in [0.15, 0.2) is 21.7 Å². The molecule has 0 aliphatic rings. The van der Waals surface area contributed by atoms with Crippen molar-refractivity contribution in [2.45, 2.75) is 32.3 Å². The Balaban J connectivity index is 3.52. The van der Waals surface area contributed by atoms with Crippen LogP contribution in [0.3, 0.4) is 0 Å². The largest absolute Gasteiger partial charge is 0.388 e. The van der Waals surface area contributed by atoms with Crippen LogP contribution < -0.4 is 11.4 Å². The number of nitrogens with one attached hydrogen (secondary N) is 1. The third-order valence-electron chi connectivity index (χ3n) is 2.27. The Morgan fingerprint density at radius 3 is 2.50 bits per heavy atom. The third-order valence-corrected chi connectivity index (χ3v) is 2.27. The summed E-state index contributed by atoms with van der Waals surface area (Å²) in [5.74, 6) is 0. The summed E-state index contributed by atoms with van der Waals surface area (Å²) in [5, 5.41) is 12.3. The molecule has 1 heterocycles. The molecule has 0 aromatic carbocycles. The first-order valence-electron chi connectivity index (χ1n) is 6.16. The average molecular weight is 230 g/mol. The number of aliphatic hydroxyl groups is 1. The number of aromatic nitrogens is 3. The van der Waals surface area contributed by atoms with Gasteiger partial charge in [-0.2, -0.15) is 0 Å². The van der Waals surface area contributed by atoms with Crippen molar-refractivity contribution in [3.63, 3.8) is 0 Å². The molecule has 1 unspecified atom stereocenters. The van der Waals surface area contributed by atoms with E-state index in [2.05, 4.69) is 11.7 Å². The van der Waals surface area contributed by atoms with Crippen molar-refractivity contribution in [2.75, 3.05) is 0 Å². The van der Waals surface area contributed by atoms with Crippen molar-refractivity contribution >= 4 is 0 Å². The minimum atomic E-state index is -2.56. The standard InChI is InChI=1S/C10H17N3O3/c1-6(2)7(10(3,4)16)13-9(15)12(5)8(14)11-13/h7,16H,1H2,2-5H3,(H,11,14)/i2D3. The average Bonchev–Trinajstić information content (AvgIpc) is 2.43. The van der Waals surface area contributed by atoms with E-state index in [0.29, 0.717) is 0 Å². The normalized spacial score (nSPS) is 17.4. The Hall–Kier alpha value is -1.56. The lowest BCUT2D eigenvalue weighted by Gasteiger charge is -2.29. The fourth-order valence-electron chi connectivity index (χ4n) is 1.55. The quantitative estimate of drug-likeness (QED) is 0.703. The maximum atomic E-state index is 11.9. The van der Waals surface area contributed by atoms with Gasteiger partial charge in [0.1, 0.15) is 6.04 Å². The Morgan fingerprint density at radius 2 is 2.19 bits per heavy atom. The maximum Gasteiger partial charge on any atom is 0.347 e. The first-order chi connectivity index (χ1) is 8.37. The Morgan fingerprint density at radius 1 is 1.62 bits per heavy atom. The molecule has 6 heteroatoms. The molecule has 1 rings (SSSR count). The van der Waals surface area contributed by atoms with E-state index in [-0.39, 0.29) is 5.57 Å². The molecule has 0 saturated carbocycles. The van der Waals surface area contributed by atoms with Crippen molar-refractivity contribution in [1.82, 2.24) is 14.3 Å². The van der Waals surface area contributed by atoms with Crippen LogP contribution in [-0.2, 0) is 7.05 Å². The highest BCUT2D eigenvalue weighted by molar-refractivity contribution is 5.06. The zero-order valence-corrected chi connectivity index (χ0v) is 9.44. The van der Waals surface area contributed by atoms with Crippen molar-refractivity contribution in [3.05, 3.63) is 33.1 Å². The smallest absolute Gasteiger partial charge is 0.347 e. The van der Waals surface area contributed by atoms with E-state index in [1.165, 1.54) is 20.9 Å². The molecule has 1 aromatic rings. The second-order valence-electron chi connectivity index (χ2n) is 4.21. The molecule has 0 aliphatic heterocycles. The summed E-state index contributed by atoms with van der Waals surface area (Å²) >= 11 is 0. The highest BCUT2D eigenvalue weighted by atomic mass is 16.3. The lowest BCUT2D eigenvalue weighted by molar-refractivity contribution is 0.0315. The highest BCUT2D eigenvalue weighted by Crippen LogP contribution is 2.25. The minimum Gasteiger partial charge on any atom is -0.388 e. The zero-order chi connectivity index (χ0) is 15.2. The topological polar surface area (TPSA) is 80.0 Å². The summed E-state index contributed by atoms with van der Waals surface area (Å²) in [4.78, 5) is 23.3. The van der Waals surface area contributed by atoms with Gasteiger partial charge in [-0.05, 0) is 20.7 Å². The molecule has 0 amide bonds.